The van der Waals surface area contributed by atoms with E-state index in [0.29, 0.717) is 0 Å². The van der Waals surface area contributed by atoms with Gasteiger partial charge >= 0.3 is 0 Å². The number of thioether (sulfide) groups is 1. The predicted molar refractivity (Wildman–Crippen MR) is 114 cm³/mol. The molecule has 0 radical (unpaired) electrons. The van der Waals surface area contributed by atoms with E-state index in [1.807, 2.05) is 17.8 Å². The van der Waals surface area contributed by atoms with Crippen molar-refractivity contribution in [2.45, 2.75) is 17.2 Å². The number of rotatable bonds is 6. The molecule has 1 saturated heterocycles. The molecule has 27 heavy (non-hydrogen) atoms. The summed E-state index contributed by atoms with van der Waals surface area (Å²) in [6.07, 6.45) is 0. The summed E-state index contributed by atoms with van der Waals surface area (Å²) in [7, 11) is 3.94. The summed E-state index contributed by atoms with van der Waals surface area (Å²) in [4.78, 5) is 9.95. The van der Waals surface area contributed by atoms with E-state index in [0.717, 1.165) is 44.2 Å². The quantitative estimate of drug-likeness (QED) is 0.648. The van der Waals surface area contributed by atoms with Gasteiger partial charge in [0, 0.05) is 60.0 Å². The lowest BCUT2D eigenvalue weighted by Gasteiger charge is -2.32. The molecule has 0 atom stereocenters. The summed E-state index contributed by atoms with van der Waals surface area (Å²) in [5, 5.41) is 1.29. The standard InChI is InChI=1S/C22H27N3OS/c1-24-10-12-25(13-11-24)15-20-19-14-17(26-2)8-9-21(19)23-22(20)16-27-18-6-4-3-5-7-18/h3-9,14,23H,10-13,15-16H2,1-2H3. The number of fused-ring (bicyclic) bond motifs is 1. The van der Waals surface area contributed by atoms with Gasteiger partial charge in [-0.3, -0.25) is 4.90 Å². The number of nitrogens with one attached hydrogen (secondary N) is 1. The zero-order valence-electron chi connectivity index (χ0n) is 16.1. The molecule has 1 N–H and O–H groups in total. The fourth-order valence-corrected chi connectivity index (χ4v) is 4.52. The number of aromatic amines is 1. The van der Waals surface area contributed by atoms with E-state index in [9.17, 15) is 0 Å². The van der Waals surface area contributed by atoms with Gasteiger partial charge in [0.1, 0.15) is 5.75 Å². The van der Waals surface area contributed by atoms with E-state index in [4.69, 9.17) is 4.74 Å². The Kier molecular flexibility index (Phi) is 5.72. The molecule has 0 spiro atoms. The second-order valence-corrected chi connectivity index (χ2v) is 8.22. The van der Waals surface area contributed by atoms with Crippen molar-refractivity contribution in [1.29, 1.82) is 0 Å². The van der Waals surface area contributed by atoms with E-state index in [1.165, 1.54) is 27.1 Å². The molecule has 1 aliphatic heterocycles. The highest BCUT2D eigenvalue weighted by Gasteiger charge is 2.19. The van der Waals surface area contributed by atoms with E-state index in [-0.39, 0.29) is 0 Å². The van der Waals surface area contributed by atoms with Gasteiger partial charge in [0.15, 0.2) is 0 Å². The number of likely N-dealkylation sites (N-methyl/N-ethyl adjacent to an activating group) is 1. The highest BCUT2D eigenvalue weighted by molar-refractivity contribution is 7.98. The topological polar surface area (TPSA) is 31.5 Å². The number of nitrogens with zero attached hydrogens (tertiary/aromatic N) is 2. The molecule has 3 aromatic rings. The first-order chi connectivity index (χ1) is 13.2. The van der Waals surface area contributed by atoms with Crippen LogP contribution in [0.4, 0.5) is 0 Å². The third-order valence-corrected chi connectivity index (χ3v) is 6.34. The molecule has 0 amide bonds. The summed E-state index contributed by atoms with van der Waals surface area (Å²) in [6.45, 7) is 5.52. The number of benzene rings is 2. The van der Waals surface area contributed by atoms with E-state index in [1.54, 1.807) is 7.11 Å². The maximum Gasteiger partial charge on any atom is 0.119 e. The molecule has 1 aromatic heterocycles. The minimum Gasteiger partial charge on any atom is -0.497 e. The first-order valence-corrected chi connectivity index (χ1v) is 10.5. The Bertz CT molecular complexity index is 885. The molecule has 5 heteroatoms. The van der Waals surface area contributed by atoms with E-state index >= 15 is 0 Å². The van der Waals surface area contributed by atoms with Crippen molar-refractivity contribution in [3.8, 4) is 5.75 Å². The number of H-pyrrole nitrogens is 1. The van der Waals surface area contributed by atoms with Gasteiger partial charge in [-0.2, -0.15) is 0 Å². The lowest BCUT2D eigenvalue weighted by Crippen LogP contribution is -2.43. The summed E-state index contributed by atoms with van der Waals surface area (Å²) < 4.78 is 5.48. The second kappa shape index (κ2) is 8.38. The Morgan fingerprint density at radius 1 is 1.04 bits per heavy atom. The lowest BCUT2D eigenvalue weighted by molar-refractivity contribution is 0.148. The summed E-state index contributed by atoms with van der Waals surface area (Å²) in [6, 6.07) is 17.0. The minimum absolute atomic E-state index is 0.920. The largest absolute Gasteiger partial charge is 0.497 e. The SMILES string of the molecule is COc1ccc2[nH]c(CSc3ccccc3)c(CN3CCN(C)CC3)c2c1. The number of ether oxygens (including phenoxy) is 1. The number of hydrogen-bond acceptors (Lipinski definition) is 4. The van der Waals surface area contributed by atoms with Crippen LogP contribution in [0.3, 0.4) is 0 Å². The fraction of sp³-hybridized carbons (Fsp3) is 0.364. The van der Waals surface area contributed by atoms with Crippen LogP contribution in [-0.4, -0.2) is 55.1 Å². The summed E-state index contributed by atoms with van der Waals surface area (Å²) in [5.41, 5.74) is 3.94. The molecular formula is C22H27N3OS. The monoisotopic (exact) mass is 381 g/mol. The molecular weight excluding hydrogens is 354 g/mol. The van der Waals surface area contributed by atoms with Gasteiger partial charge in [0.25, 0.3) is 0 Å². The maximum absolute atomic E-state index is 5.48. The third-order valence-electron chi connectivity index (χ3n) is 5.31. The number of aromatic nitrogens is 1. The van der Waals surface area contributed by atoms with Crippen molar-refractivity contribution in [3.05, 3.63) is 59.8 Å². The average Bonchev–Trinajstić information content (AvgIpc) is 3.05. The van der Waals surface area contributed by atoms with Crippen LogP contribution in [0.2, 0.25) is 0 Å². The normalized spacial score (nSPS) is 16.1. The van der Waals surface area contributed by atoms with Crippen LogP contribution in [0.1, 0.15) is 11.3 Å². The van der Waals surface area contributed by atoms with Crippen molar-refractivity contribution in [3.63, 3.8) is 0 Å². The maximum atomic E-state index is 5.48. The average molecular weight is 382 g/mol. The van der Waals surface area contributed by atoms with Crippen LogP contribution in [0.25, 0.3) is 10.9 Å². The molecule has 2 aromatic carbocycles. The summed E-state index contributed by atoms with van der Waals surface area (Å²) >= 11 is 1.89. The third kappa shape index (κ3) is 4.32. The van der Waals surface area contributed by atoms with Crippen LogP contribution in [0.15, 0.2) is 53.4 Å². The Morgan fingerprint density at radius 2 is 1.81 bits per heavy atom. The highest BCUT2D eigenvalue weighted by Crippen LogP contribution is 2.32. The molecule has 0 unspecified atom stereocenters. The zero-order chi connectivity index (χ0) is 18.6. The van der Waals surface area contributed by atoms with Gasteiger partial charge in [-0.1, -0.05) is 18.2 Å². The van der Waals surface area contributed by atoms with Crippen molar-refractivity contribution in [1.82, 2.24) is 14.8 Å². The Morgan fingerprint density at radius 3 is 2.56 bits per heavy atom. The predicted octanol–water partition coefficient (Wildman–Crippen LogP) is 4.22. The second-order valence-electron chi connectivity index (χ2n) is 7.17. The Labute approximate surface area is 165 Å². The van der Waals surface area contributed by atoms with Crippen LogP contribution >= 0.6 is 11.8 Å². The molecule has 1 fully saturated rings. The zero-order valence-corrected chi connectivity index (χ0v) is 16.9. The molecule has 0 saturated carbocycles. The molecule has 0 aliphatic carbocycles. The lowest BCUT2D eigenvalue weighted by atomic mass is 10.1. The van der Waals surface area contributed by atoms with Gasteiger partial charge in [-0.25, -0.2) is 0 Å². The Balaban J connectivity index is 1.62. The molecule has 0 bridgehead atoms. The fourth-order valence-electron chi connectivity index (χ4n) is 3.62. The minimum atomic E-state index is 0.920. The van der Waals surface area contributed by atoms with E-state index < -0.39 is 0 Å². The van der Waals surface area contributed by atoms with Crippen molar-refractivity contribution >= 4 is 22.7 Å². The van der Waals surface area contributed by atoms with E-state index in [2.05, 4.69) is 64.3 Å². The Hall–Kier alpha value is -1.95. The van der Waals surface area contributed by atoms with Gasteiger partial charge in [-0.15, -0.1) is 11.8 Å². The van der Waals surface area contributed by atoms with Gasteiger partial charge in [0.05, 0.1) is 7.11 Å². The molecule has 4 rings (SSSR count). The number of methoxy groups -OCH3 is 1. The van der Waals surface area contributed by atoms with Gasteiger partial charge < -0.3 is 14.6 Å². The van der Waals surface area contributed by atoms with Crippen molar-refractivity contribution in [2.75, 3.05) is 40.3 Å². The van der Waals surface area contributed by atoms with Crippen molar-refractivity contribution in [2.24, 2.45) is 0 Å². The van der Waals surface area contributed by atoms with Crippen LogP contribution in [0, 0.1) is 0 Å². The molecule has 1 aliphatic rings. The molecule has 4 nitrogen and oxygen atoms in total. The molecule has 142 valence electrons. The highest BCUT2D eigenvalue weighted by atomic mass is 32.2. The number of hydrogen-bond donors (Lipinski definition) is 1. The van der Waals surface area contributed by atoms with Crippen LogP contribution < -0.4 is 4.74 Å². The molecule has 2 heterocycles. The van der Waals surface area contributed by atoms with Gasteiger partial charge in [0.2, 0.25) is 0 Å². The smallest absolute Gasteiger partial charge is 0.119 e. The first-order valence-electron chi connectivity index (χ1n) is 9.49. The summed E-state index contributed by atoms with van der Waals surface area (Å²) in [5.74, 6) is 1.87. The first kappa shape index (κ1) is 18.4. The number of piperazine rings is 1. The van der Waals surface area contributed by atoms with Crippen LogP contribution in [-0.2, 0) is 12.3 Å². The van der Waals surface area contributed by atoms with Crippen LogP contribution in [0.5, 0.6) is 5.75 Å². The van der Waals surface area contributed by atoms with Crippen molar-refractivity contribution < 1.29 is 4.74 Å². The van der Waals surface area contributed by atoms with Gasteiger partial charge in [-0.05, 0) is 42.9 Å².